The Balaban J connectivity index is 2.03. The van der Waals surface area contributed by atoms with E-state index in [9.17, 15) is 0 Å². The monoisotopic (exact) mass is 253 g/mol. The number of hydrogen-bond acceptors (Lipinski definition) is 3. The second-order valence-corrected chi connectivity index (χ2v) is 6.82. The Bertz CT molecular complexity index is 266. The van der Waals surface area contributed by atoms with Crippen LogP contribution >= 0.6 is 0 Å². The molecular weight excluding hydrogens is 222 g/mol. The van der Waals surface area contributed by atoms with Crippen LogP contribution in [0.2, 0.25) is 0 Å². The first-order chi connectivity index (χ1) is 8.57. The largest absolute Gasteiger partial charge is 0.329 e. The van der Waals surface area contributed by atoms with E-state index in [1.807, 2.05) is 0 Å². The third kappa shape index (κ3) is 2.89. The van der Waals surface area contributed by atoms with Crippen LogP contribution in [0.5, 0.6) is 0 Å². The van der Waals surface area contributed by atoms with Gasteiger partial charge in [-0.15, -0.1) is 0 Å². The fourth-order valence-electron chi connectivity index (χ4n) is 3.81. The number of nitrogens with two attached hydrogens (primary N) is 1. The van der Waals surface area contributed by atoms with Gasteiger partial charge in [0.25, 0.3) is 0 Å². The lowest BCUT2D eigenvalue weighted by Gasteiger charge is -2.41. The molecule has 3 nitrogen and oxygen atoms in total. The summed E-state index contributed by atoms with van der Waals surface area (Å²) in [6, 6.07) is 0.731. The normalized spacial score (nSPS) is 39.2. The Hall–Kier alpha value is -0.120. The van der Waals surface area contributed by atoms with Crippen molar-refractivity contribution in [2.24, 2.45) is 11.7 Å². The highest BCUT2D eigenvalue weighted by atomic mass is 15.3. The lowest BCUT2D eigenvalue weighted by molar-refractivity contribution is 0.0960. The molecule has 3 unspecified atom stereocenters. The molecule has 1 aliphatic heterocycles. The van der Waals surface area contributed by atoms with Gasteiger partial charge in [0, 0.05) is 31.2 Å². The first-order valence-electron chi connectivity index (χ1n) is 7.69. The molecule has 1 heterocycles. The lowest BCUT2D eigenvalue weighted by atomic mass is 9.88. The maximum absolute atomic E-state index is 6.20. The summed E-state index contributed by atoms with van der Waals surface area (Å²) < 4.78 is 0. The predicted molar refractivity (Wildman–Crippen MR) is 77.7 cm³/mol. The first-order valence-corrected chi connectivity index (χ1v) is 7.69. The van der Waals surface area contributed by atoms with E-state index in [2.05, 4.69) is 30.8 Å². The SMILES string of the molecule is CC1CCCC(CN)(N2CCC(N(C)C)C2)CC1. The molecule has 1 saturated heterocycles. The van der Waals surface area contributed by atoms with Crippen molar-refractivity contribution in [3.63, 3.8) is 0 Å². The van der Waals surface area contributed by atoms with Gasteiger partial charge in [-0.2, -0.15) is 0 Å². The molecule has 3 heteroatoms. The number of nitrogens with zero attached hydrogens (tertiary/aromatic N) is 2. The quantitative estimate of drug-likeness (QED) is 0.780. The molecule has 0 amide bonds. The average Bonchev–Trinajstić information content (AvgIpc) is 2.76. The van der Waals surface area contributed by atoms with Crippen LogP contribution < -0.4 is 5.73 Å². The Labute approximate surface area is 113 Å². The van der Waals surface area contributed by atoms with E-state index in [4.69, 9.17) is 5.73 Å². The third-order valence-electron chi connectivity index (χ3n) is 5.39. The van der Waals surface area contributed by atoms with Gasteiger partial charge < -0.3 is 10.6 Å². The van der Waals surface area contributed by atoms with Gasteiger partial charge >= 0.3 is 0 Å². The number of hydrogen-bond donors (Lipinski definition) is 1. The summed E-state index contributed by atoms with van der Waals surface area (Å²) in [5, 5.41) is 0. The van der Waals surface area contributed by atoms with Crippen molar-refractivity contribution in [1.82, 2.24) is 9.80 Å². The van der Waals surface area contributed by atoms with Gasteiger partial charge in [0.1, 0.15) is 0 Å². The Morgan fingerprint density at radius 3 is 2.61 bits per heavy atom. The maximum atomic E-state index is 6.20. The third-order valence-corrected chi connectivity index (χ3v) is 5.39. The molecule has 0 radical (unpaired) electrons. The molecular formula is C15H31N3. The van der Waals surface area contributed by atoms with Crippen LogP contribution in [0.1, 0.15) is 45.4 Å². The molecule has 3 atom stereocenters. The number of likely N-dealkylation sites (tertiary alicyclic amines) is 1. The van der Waals surface area contributed by atoms with Gasteiger partial charge in [-0.25, -0.2) is 0 Å². The summed E-state index contributed by atoms with van der Waals surface area (Å²) in [6.07, 6.45) is 8.05. The van der Waals surface area contributed by atoms with Crippen molar-refractivity contribution >= 4 is 0 Å². The van der Waals surface area contributed by atoms with Gasteiger partial charge in [0.05, 0.1) is 0 Å². The minimum Gasteiger partial charge on any atom is -0.329 e. The van der Waals surface area contributed by atoms with Crippen LogP contribution in [0.25, 0.3) is 0 Å². The molecule has 0 aromatic carbocycles. The zero-order chi connectivity index (χ0) is 13.2. The predicted octanol–water partition coefficient (Wildman–Crippen LogP) is 1.92. The number of rotatable bonds is 3. The van der Waals surface area contributed by atoms with Crippen molar-refractivity contribution in [3.8, 4) is 0 Å². The molecule has 2 N–H and O–H groups in total. The van der Waals surface area contributed by atoms with Crippen LogP contribution in [0, 0.1) is 5.92 Å². The van der Waals surface area contributed by atoms with Gasteiger partial charge in [0.15, 0.2) is 0 Å². The van der Waals surface area contributed by atoms with Crippen LogP contribution in [0.15, 0.2) is 0 Å². The molecule has 0 aromatic heterocycles. The van der Waals surface area contributed by atoms with Crippen molar-refractivity contribution in [2.75, 3.05) is 33.7 Å². The molecule has 0 bridgehead atoms. The van der Waals surface area contributed by atoms with Crippen LogP contribution in [0.4, 0.5) is 0 Å². The highest BCUT2D eigenvalue weighted by molar-refractivity contribution is 4.98. The smallest absolute Gasteiger partial charge is 0.0332 e. The summed E-state index contributed by atoms with van der Waals surface area (Å²) in [4.78, 5) is 5.10. The molecule has 106 valence electrons. The standard InChI is InChI=1S/C15H31N3/c1-13-5-4-8-15(12-16,9-6-13)18-10-7-14(11-18)17(2)3/h13-14H,4-12,16H2,1-3H3. The van der Waals surface area contributed by atoms with Gasteiger partial charge in [0.2, 0.25) is 0 Å². The lowest BCUT2D eigenvalue weighted by Crippen LogP contribution is -2.53. The minimum atomic E-state index is 0.315. The minimum absolute atomic E-state index is 0.315. The van der Waals surface area contributed by atoms with E-state index < -0.39 is 0 Å². The van der Waals surface area contributed by atoms with E-state index in [-0.39, 0.29) is 0 Å². The first kappa shape index (κ1) is 14.3. The summed E-state index contributed by atoms with van der Waals surface area (Å²) >= 11 is 0. The molecule has 1 saturated carbocycles. The average molecular weight is 253 g/mol. The molecule has 1 aliphatic carbocycles. The zero-order valence-electron chi connectivity index (χ0n) is 12.5. The van der Waals surface area contributed by atoms with Crippen LogP contribution in [-0.4, -0.2) is 55.1 Å². The topological polar surface area (TPSA) is 32.5 Å². The molecule has 2 aliphatic rings. The summed E-state index contributed by atoms with van der Waals surface area (Å²) in [7, 11) is 4.41. The van der Waals surface area contributed by atoms with E-state index >= 15 is 0 Å². The van der Waals surface area contributed by atoms with Gasteiger partial charge in [-0.05, 0) is 45.7 Å². The van der Waals surface area contributed by atoms with E-state index in [1.165, 1.54) is 51.6 Å². The second kappa shape index (κ2) is 5.89. The fraction of sp³-hybridized carbons (Fsp3) is 1.00. The Morgan fingerprint density at radius 2 is 2.00 bits per heavy atom. The van der Waals surface area contributed by atoms with Gasteiger partial charge in [-0.3, -0.25) is 4.90 Å². The van der Waals surface area contributed by atoms with E-state index in [1.54, 1.807) is 0 Å². The molecule has 18 heavy (non-hydrogen) atoms. The van der Waals surface area contributed by atoms with Crippen molar-refractivity contribution in [1.29, 1.82) is 0 Å². The van der Waals surface area contributed by atoms with Crippen molar-refractivity contribution < 1.29 is 0 Å². The second-order valence-electron chi connectivity index (χ2n) is 6.82. The molecule has 2 rings (SSSR count). The Morgan fingerprint density at radius 1 is 1.22 bits per heavy atom. The fourth-order valence-corrected chi connectivity index (χ4v) is 3.81. The maximum Gasteiger partial charge on any atom is 0.0332 e. The Kier molecular flexibility index (Phi) is 4.68. The summed E-state index contributed by atoms with van der Waals surface area (Å²) in [6.45, 7) is 5.71. The zero-order valence-corrected chi connectivity index (χ0v) is 12.5. The molecule has 0 aromatic rings. The van der Waals surface area contributed by atoms with Crippen LogP contribution in [-0.2, 0) is 0 Å². The van der Waals surface area contributed by atoms with Crippen molar-refractivity contribution in [3.05, 3.63) is 0 Å². The van der Waals surface area contributed by atoms with E-state index in [0.717, 1.165) is 18.5 Å². The van der Waals surface area contributed by atoms with Gasteiger partial charge in [-0.1, -0.05) is 19.8 Å². The highest BCUT2D eigenvalue weighted by Gasteiger charge is 2.40. The number of likely N-dealkylation sites (N-methyl/N-ethyl adjacent to an activating group) is 1. The molecule has 0 spiro atoms. The highest BCUT2D eigenvalue weighted by Crippen LogP contribution is 2.36. The summed E-state index contributed by atoms with van der Waals surface area (Å²) in [5.74, 6) is 0.894. The van der Waals surface area contributed by atoms with Crippen molar-refractivity contribution in [2.45, 2.75) is 57.0 Å². The van der Waals surface area contributed by atoms with E-state index in [0.29, 0.717) is 5.54 Å². The van der Waals surface area contributed by atoms with Crippen LogP contribution in [0.3, 0.4) is 0 Å². The summed E-state index contributed by atoms with van der Waals surface area (Å²) in [5.41, 5.74) is 6.51. The molecule has 2 fully saturated rings.